The zero-order valence-corrected chi connectivity index (χ0v) is 11.2. The van der Waals surface area contributed by atoms with Crippen molar-refractivity contribution >= 4 is 0 Å². The second-order valence-electron chi connectivity index (χ2n) is 5.13. The minimum Gasteiger partial charge on any atom is -0.339 e. The molecular formula is C14H14F3N3O. The predicted octanol–water partition coefficient (Wildman–Crippen LogP) is 2.93. The van der Waals surface area contributed by atoms with Crippen LogP contribution < -0.4 is 5.32 Å². The van der Waals surface area contributed by atoms with E-state index in [1.165, 1.54) is 25.0 Å². The molecule has 1 aliphatic carbocycles. The molecule has 0 radical (unpaired) electrons. The molecule has 1 N–H and O–H groups in total. The van der Waals surface area contributed by atoms with E-state index < -0.39 is 11.7 Å². The van der Waals surface area contributed by atoms with Gasteiger partial charge in [0.15, 0.2) is 5.82 Å². The largest absolute Gasteiger partial charge is 0.416 e. The normalized spacial score (nSPS) is 15.4. The summed E-state index contributed by atoms with van der Waals surface area (Å²) in [5.41, 5.74) is 0.0412. The fourth-order valence-electron chi connectivity index (χ4n) is 1.94. The third-order valence-corrected chi connectivity index (χ3v) is 3.27. The second kappa shape index (κ2) is 5.48. The van der Waals surface area contributed by atoms with Gasteiger partial charge >= 0.3 is 6.18 Å². The molecule has 1 aliphatic rings. The summed E-state index contributed by atoms with van der Waals surface area (Å²) in [5.74, 6) is 0.978. The second-order valence-corrected chi connectivity index (χ2v) is 5.13. The summed E-state index contributed by atoms with van der Waals surface area (Å²) >= 11 is 0. The molecule has 3 rings (SSSR count). The van der Waals surface area contributed by atoms with Gasteiger partial charge in [-0.25, -0.2) is 0 Å². The van der Waals surface area contributed by atoms with E-state index in [2.05, 4.69) is 15.5 Å². The summed E-state index contributed by atoms with van der Waals surface area (Å²) in [7, 11) is 0. The van der Waals surface area contributed by atoms with Crippen LogP contribution in [0.25, 0.3) is 0 Å². The van der Waals surface area contributed by atoms with Gasteiger partial charge in [-0.15, -0.1) is 0 Å². The van der Waals surface area contributed by atoms with Crippen molar-refractivity contribution in [2.45, 2.75) is 38.0 Å². The lowest BCUT2D eigenvalue weighted by atomic mass is 10.1. The fourth-order valence-corrected chi connectivity index (χ4v) is 1.94. The third-order valence-electron chi connectivity index (χ3n) is 3.27. The van der Waals surface area contributed by atoms with Crippen LogP contribution in [0.5, 0.6) is 0 Å². The zero-order valence-electron chi connectivity index (χ0n) is 11.2. The molecule has 0 spiro atoms. The van der Waals surface area contributed by atoms with Crippen LogP contribution in [0.15, 0.2) is 28.8 Å². The van der Waals surface area contributed by atoms with Crippen LogP contribution >= 0.6 is 0 Å². The first kappa shape index (κ1) is 14.1. The van der Waals surface area contributed by atoms with E-state index in [1.807, 2.05) is 0 Å². The quantitative estimate of drug-likeness (QED) is 0.922. The molecule has 0 bridgehead atoms. The maximum absolute atomic E-state index is 12.5. The molecule has 0 unspecified atom stereocenters. The van der Waals surface area contributed by atoms with Crippen molar-refractivity contribution in [1.29, 1.82) is 0 Å². The van der Waals surface area contributed by atoms with E-state index in [9.17, 15) is 13.2 Å². The van der Waals surface area contributed by atoms with Gasteiger partial charge in [-0.1, -0.05) is 17.3 Å². The highest BCUT2D eigenvalue weighted by molar-refractivity contribution is 5.26. The van der Waals surface area contributed by atoms with Gasteiger partial charge in [0.05, 0.1) is 18.5 Å². The molecule has 1 aromatic heterocycles. The van der Waals surface area contributed by atoms with Crippen LogP contribution in [0.3, 0.4) is 0 Å². The molecular weight excluding hydrogens is 283 g/mol. The van der Waals surface area contributed by atoms with Crippen LogP contribution in [0.1, 0.15) is 35.7 Å². The SMILES string of the molecule is FC(F)(F)c1ccc(Cc2nc(CNC3CC3)no2)cc1. The lowest BCUT2D eigenvalue weighted by Crippen LogP contribution is -2.16. The standard InChI is InChI=1S/C14H14F3N3O/c15-14(16,17)10-3-1-9(2-4-10)7-13-19-12(20-21-13)8-18-11-5-6-11/h1-4,11,18H,5-8H2. The molecule has 0 atom stereocenters. The molecule has 0 aliphatic heterocycles. The van der Waals surface area contributed by atoms with Crippen molar-refractivity contribution in [3.63, 3.8) is 0 Å². The highest BCUT2D eigenvalue weighted by atomic mass is 19.4. The highest BCUT2D eigenvalue weighted by Gasteiger charge is 2.30. The fraction of sp³-hybridized carbons (Fsp3) is 0.429. The number of halogens is 3. The summed E-state index contributed by atoms with van der Waals surface area (Å²) in [6, 6.07) is 5.52. The van der Waals surface area contributed by atoms with Gasteiger partial charge in [0.25, 0.3) is 0 Å². The summed E-state index contributed by atoms with van der Waals surface area (Å²) < 4.78 is 42.5. The zero-order chi connectivity index (χ0) is 14.9. The van der Waals surface area contributed by atoms with Crippen molar-refractivity contribution in [2.75, 3.05) is 0 Å². The van der Waals surface area contributed by atoms with Crippen molar-refractivity contribution in [3.8, 4) is 0 Å². The first-order valence-electron chi connectivity index (χ1n) is 6.72. The number of benzene rings is 1. The Morgan fingerprint density at radius 2 is 1.90 bits per heavy atom. The Balaban J connectivity index is 1.60. The molecule has 4 nitrogen and oxygen atoms in total. The molecule has 1 heterocycles. The van der Waals surface area contributed by atoms with E-state index in [-0.39, 0.29) is 0 Å². The van der Waals surface area contributed by atoms with Crippen molar-refractivity contribution in [1.82, 2.24) is 15.5 Å². The number of hydrogen-bond donors (Lipinski definition) is 1. The van der Waals surface area contributed by atoms with E-state index in [0.29, 0.717) is 36.3 Å². The van der Waals surface area contributed by atoms with Gasteiger partial charge in [-0.3, -0.25) is 0 Å². The Bertz CT molecular complexity index is 603. The average molecular weight is 297 g/mol. The Kier molecular flexibility index (Phi) is 3.67. The summed E-state index contributed by atoms with van der Waals surface area (Å²) in [6.45, 7) is 0.557. The predicted molar refractivity (Wildman–Crippen MR) is 68.4 cm³/mol. The Labute approximate surface area is 119 Å². The number of rotatable bonds is 5. The third kappa shape index (κ3) is 3.81. The minimum absolute atomic E-state index is 0.328. The molecule has 1 saturated carbocycles. The molecule has 0 amide bonds. The average Bonchev–Trinajstić information content (AvgIpc) is 3.16. The highest BCUT2D eigenvalue weighted by Crippen LogP contribution is 2.29. The number of nitrogens with one attached hydrogen (secondary N) is 1. The van der Waals surface area contributed by atoms with E-state index in [0.717, 1.165) is 12.1 Å². The van der Waals surface area contributed by atoms with Gasteiger partial charge in [0, 0.05) is 6.04 Å². The topological polar surface area (TPSA) is 51.0 Å². The van der Waals surface area contributed by atoms with E-state index in [1.54, 1.807) is 0 Å². The Morgan fingerprint density at radius 1 is 1.19 bits per heavy atom. The Morgan fingerprint density at radius 3 is 2.52 bits per heavy atom. The first-order valence-corrected chi connectivity index (χ1v) is 6.72. The smallest absolute Gasteiger partial charge is 0.339 e. The van der Waals surface area contributed by atoms with E-state index in [4.69, 9.17) is 4.52 Å². The van der Waals surface area contributed by atoms with Crippen molar-refractivity contribution in [3.05, 3.63) is 47.1 Å². The van der Waals surface area contributed by atoms with Gasteiger partial charge < -0.3 is 9.84 Å². The van der Waals surface area contributed by atoms with Crippen LogP contribution in [-0.2, 0) is 19.1 Å². The van der Waals surface area contributed by atoms with Gasteiger partial charge in [0.2, 0.25) is 5.89 Å². The lowest BCUT2D eigenvalue weighted by Gasteiger charge is -2.06. The molecule has 7 heteroatoms. The Hall–Kier alpha value is -1.89. The maximum Gasteiger partial charge on any atom is 0.416 e. The molecule has 1 fully saturated rings. The van der Waals surface area contributed by atoms with Gasteiger partial charge in [0.1, 0.15) is 0 Å². The molecule has 21 heavy (non-hydrogen) atoms. The number of alkyl halides is 3. The molecule has 2 aromatic rings. The van der Waals surface area contributed by atoms with Crippen molar-refractivity contribution in [2.24, 2.45) is 0 Å². The van der Waals surface area contributed by atoms with Crippen LogP contribution in [-0.4, -0.2) is 16.2 Å². The minimum atomic E-state index is -4.31. The molecule has 0 saturated heterocycles. The maximum atomic E-state index is 12.5. The summed E-state index contributed by atoms with van der Waals surface area (Å²) in [4.78, 5) is 4.21. The van der Waals surface area contributed by atoms with E-state index >= 15 is 0 Å². The number of aromatic nitrogens is 2. The lowest BCUT2D eigenvalue weighted by molar-refractivity contribution is -0.137. The molecule has 1 aromatic carbocycles. The summed E-state index contributed by atoms with van der Waals surface area (Å²) in [6.07, 6.45) is -1.63. The van der Waals surface area contributed by atoms with Gasteiger partial charge in [-0.05, 0) is 30.5 Å². The van der Waals surface area contributed by atoms with Gasteiger partial charge in [-0.2, -0.15) is 18.2 Å². The number of hydrogen-bond acceptors (Lipinski definition) is 4. The monoisotopic (exact) mass is 297 g/mol. The number of nitrogens with zero attached hydrogens (tertiary/aromatic N) is 2. The summed E-state index contributed by atoms with van der Waals surface area (Å²) in [5, 5.41) is 7.10. The van der Waals surface area contributed by atoms with Crippen LogP contribution in [0, 0.1) is 0 Å². The van der Waals surface area contributed by atoms with Crippen molar-refractivity contribution < 1.29 is 17.7 Å². The van der Waals surface area contributed by atoms with Crippen LogP contribution in [0.4, 0.5) is 13.2 Å². The first-order chi connectivity index (χ1) is 10.0. The molecule has 112 valence electrons. The van der Waals surface area contributed by atoms with Crippen LogP contribution in [0.2, 0.25) is 0 Å².